The second-order valence-electron chi connectivity index (χ2n) is 5.84. The van der Waals surface area contributed by atoms with Crippen molar-refractivity contribution in [3.05, 3.63) is 35.4 Å². The average Bonchev–Trinajstić information content (AvgIpc) is 3.21. The van der Waals surface area contributed by atoms with Gasteiger partial charge >= 0.3 is 12.0 Å². The Morgan fingerprint density at radius 1 is 1.43 bits per heavy atom. The normalized spacial score (nSPS) is 15.3. The molecule has 2 rings (SSSR count). The van der Waals surface area contributed by atoms with E-state index in [2.05, 4.69) is 5.32 Å². The van der Waals surface area contributed by atoms with Gasteiger partial charge in [0.25, 0.3) is 0 Å². The molecule has 2 N–H and O–H groups in total. The summed E-state index contributed by atoms with van der Waals surface area (Å²) < 4.78 is 0. The Labute approximate surface area is 125 Å². The number of aryl methyl sites for hydroxylation is 1. The molecular weight excluding hydrogens is 268 g/mol. The van der Waals surface area contributed by atoms with Crippen LogP contribution in [0.25, 0.3) is 0 Å². The van der Waals surface area contributed by atoms with Gasteiger partial charge in [0.05, 0.1) is 6.42 Å². The van der Waals surface area contributed by atoms with E-state index in [0.717, 1.165) is 24.0 Å². The van der Waals surface area contributed by atoms with Crippen LogP contribution < -0.4 is 5.32 Å². The molecule has 0 saturated heterocycles. The third kappa shape index (κ3) is 4.77. The molecule has 0 aromatic heterocycles. The minimum atomic E-state index is -0.867. The number of benzene rings is 1. The van der Waals surface area contributed by atoms with E-state index in [1.807, 2.05) is 31.2 Å². The number of hydrogen-bond donors (Lipinski definition) is 2. The Balaban J connectivity index is 1.90. The Hall–Kier alpha value is -2.04. The van der Waals surface area contributed by atoms with Gasteiger partial charge in [-0.1, -0.05) is 29.8 Å². The van der Waals surface area contributed by atoms with E-state index in [9.17, 15) is 9.59 Å². The first-order valence-corrected chi connectivity index (χ1v) is 7.24. The third-order valence-electron chi connectivity index (χ3n) is 3.74. The zero-order valence-electron chi connectivity index (χ0n) is 12.5. The van der Waals surface area contributed by atoms with Crippen LogP contribution in [-0.4, -0.2) is 35.1 Å². The van der Waals surface area contributed by atoms with Gasteiger partial charge in [-0.25, -0.2) is 4.79 Å². The van der Waals surface area contributed by atoms with Gasteiger partial charge in [-0.2, -0.15) is 0 Å². The summed E-state index contributed by atoms with van der Waals surface area (Å²) in [6.45, 7) is 2.53. The number of urea groups is 1. The Morgan fingerprint density at radius 3 is 2.71 bits per heavy atom. The van der Waals surface area contributed by atoms with Crippen LogP contribution in [0.3, 0.4) is 0 Å². The van der Waals surface area contributed by atoms with Crippen molar-refractivity contribution in [3.8, 4) is 0 Å². The van der Waals surface area contributed by atoms with E-state index < -0.39 is 5.97 Å². The van der Waals surface area contributed by atoms with E-state index in [-0.39, 0.29) is 18.5 Å². The van der Waals surface area contributed by atoms with Crippen molar-refractivity contribution in [1.29, 1.82) is 0 Å². The summed E-state index contributed by atoms with van der Waals surface area (Å²) in [5.41, 5.74) is 2.22. The first-order valence-electron chi connectivity index (χ1n) is 7.24. The van der Waals surface area contributed by atoms with Crippen LogP contribution in [0.15, 0.2) is 24.3 Å². The zero-order chi connectivity index (χ0) is 15.4. The van der Waals surface area contributed by atoms with Crippen LogP contribution in [0.5, 0.6) is 0 Å². The van der Waals surface area contributed by atoms with E-state index in [1.54, 1.807) is 11.9 Å². The van der Waals surface area contributed by atoms with Gasteiger partial charge in [0.1, 0.15) is 0 Å². The Morgan fingerprint density at radius 2 is 2.14 bits per heavy atom. The molecule has 0 radical (unpaired) electrons. The lowest BCUT2D eigenvalue weighted by atomic mass is 10.1. The summed E-state index contributed by atoms with van der Waals surface area (Å²) in [4.78, 5) is 24.6. The van der Waals surface area contributed by atoms with Gasteiger partial charge in [-0.3, -0.25) is 4.79 Å². The predicted octanol–water partition coefficient (Wildman–Crippen LogP) is 2.39. The van der Waals surface area contributed by atoms with Crippen molar-refractivity contribution >= 4 is 12.0 Å². The molecule has 1 aliphatic rings. The van der Waals surface area contributed by atoms with Crippen molar-refractivity contribution in [2.24, 2.45) is 5.92 Å². The molecule has 5 nitrogen and oxygen atoms in total. The maximum atomic E-state index is 12.2. The van der Waals surface area contributed by atoms with Crippen molar-refractivity contribution in [3.63, 3.8) is 0 Å². The largest absolute Gasteiger partial charge is 0.481 e. The van der Waals surface area contributed by atoms with E-state index in [1.165, 1.54) is 0 Å². The molecule has 1 saturated carbocycles. The molecule has 1 atom stereocenters. The molecule has 21 heavy (non-hydrogen) atoms. The molecule has 0 spiro atoms. The summed E-state index contributed by atoms with van der Waals surface area (Å²) in [6.07, 6.45) is 1.99. The average molecular weight is 290 g/mol. The first kappa shape index (κ1) is 15.4. The van der Waals surface area contributed by atoms with E-state index in [0.29, 0.717) is 12.5 Å². The van der Waals surface area contributed by atoms with Gasteiger partial charge in [0.2, 0.25) is 0 Å². The molecule has 1 fully saturated rings. The van der Waals surface area contributed by atoms with Gasteiger partial charge in [-0.15, -0.1) is 0 Å². The maximum Gasteiger partial charge on any atom is 0.317 e. The molecule has 0 heterocycles. The molecule has 2 amide bonds. The lowest BCUT2D eigenvalue weighted by Crippen LogP contribution is -2.44. The number of carboxylic acid groups (broad SMARTS) is 1. The second-order valence-corrected chi connectivity index (χ2v) is 5.84. The summed E-state index contributed by atoms with van der Waals surface area (Å²) in [5.74, 6) is -0.550. The number of nitrogens with one attached hydrogen (secondary N) is 1. The van der Waals surface area contributed by atoms with Gasteiger partial charge in [-0.05, 0) is 31.2 Å². The van der Waals surface area contributed by atoms with E-state index in [4.69, 9.17) is 5.11 Å². The number of aliphatic carboxylic acids is 1. The molecule has 114 valence electrons. The molecular formula is C16H22N2O3. The Bertz CT molecular complexity index is 526. The number of carbonyl (C=O) groups excluding carboxylic acids is 1. The molecule has 0 bridgehead atoms. The third-order valence-corrected chi connectivity index (χ3v) is 3.74. The highest BCUT2D eigenvalue weighted by Crippen LogP contribution is 2.34. The van der Waals surface area contributed by atoms with Crippen LogP contribution in [0.1, 0.15) is 30.4 Å². The van der Waals surface area contributed by atoms with Gasteiger partial charge in [0, 0.05) is 19.6 Å². The van der Waals surface area contributed by atoms with Crippen LogP contribution in [0.2, 0.25) is 0 Å². The van der Waals surface area contributed by atoms with Gasteiger partial charge in [0.15, 0.2) is 0 Å². The highest BCUT2D eigenvalue weighted by atomic mass is 16.4. The zero-order valence-corrected chi connectivity index (χ0v) is 12.5. The summed E-state index contributed by atoms with van der Waals surface area (Å²) >= 11 is 0. The van der Waals surface area contributed by atoms with Crippen molar-refractivity contribution in [1.82, 2.24) is 10.2 Å². The summed E-state index contributed by atoms with van der Waals surface area (Å²) in [7, 11) is 1.72. The van der Waals surface area contributed by atoms with Crippen molar-refractivity contribution in [2.75, 3.05) is 7.05 Å². The van der Waals surface area contributed by atoms with Crippen LogP contribution >= 0.6 is 0 Å². The van der Waals surface area contributed by atoms with E-state index >= 15 is 0 Å². The molecule has 5 heteroatoms. The minimum Gasteiger partial charge on any atom is -0.481 e. The minimum absolute atomic E-state index is 0.00527. The first-order chi connectivity index (χ1) is 9.95. The fourth-order valence-corrected chi connectivity index (χ4v) is 2.45. The highest BCUT2D eigenvalue weighted by molar-refractivity contribution is 5.75. The van der Waals surface area contributed by atoms with Gasteiger partial charge < -0.3 is 15.3 Å². The number of rotatable bonds is 6. The van der Waals surface area contributed by atoms with Crippen molar-refractivity contribution < 1.29 is 14.7 Å². The fraction of sp³-hybridized carbons (Fsp3) is 0.500. The number of nitrogens with zero attached hydrogens (tertiary/aromatic N) is 1. The standard InChI is InChI=1S/C16H22N2O3/c1-11-4-3-5-12(8-11)10-18(2)16(21)17-14(9-15(19)20)13-6-7-13/h3-5,8,13-14H,6-7,9-10H2,1-2H3,(H,17,21)(H,19,20). The highest BCUT2D eigenvalue weighted by Gasteiger charge is 2.34. The van der Waals surface area contributed by atoms with Crippen LogP contribution in [0, 0.1) is 12.8 Å². The smallest absolute Gasteiger partial charge is 0.317 e. The monoisotopic (exact) mass is 290 g/mol. The number of hydrogen-bond acceptors (Lipinski definition) is 2. The number of carboxylic acids is 1. The number of amides is 2. The molecule has 0 aliphatic heterocycles. The van der Waals surface area contributed by atoms with Crippen LogP contribution in [-0.2, 0) is 11.3 Å². The number of carbonyl (C=O) groups is 2. The fourth-order valence-electron chi connectivity index (χ4n) is 2.45. The quantitative estimate of drug-likeness (QED) is 0.845. The topological polar surface area (TPSA) is 69.6 Å². The summed E-state index contributed by atoms with van der Waals surface area (Å²) in [6, 6.07) is 7.53. The predicted molar refractivity (Wildman–Crippen MR) is 79.9 cm³/mol. The van der Waals surface area contributed by atoms with Crippen LogP contribution in [0.4, 0.5) is 4.79 Å². The SMILES string of the molecule is Cc1cccc(CN(C)C(=O)NC(CC(=O)O)C2CC2)c1. The lowest BCUT2D eigenvalue weighted by molar-refractivity contribution is -0.137. The van der Waals surface area contributed by atoms with Crippen molar-refractivity contribution in [2.45, 2.75) is 38.8 Å². The molecule has 1 aromatic rings. The maximum absolute atomic E-state index is 12.2. The summed E-state index contributed by atoms with van der Waals surface area (Å²) in [5, 5.41) is 11.8. The molecule has 1 aromatic carbocycles. The molecule has 1 unspecified atom stereocenters. The molecule has 1 aliphatic carbocycles. The lowest BCUT2D eigenvalue weighted by Gasteiger charge is -2.23. The second kappa shape index (κ2) is 6.61. The Kier molecular flexibility index (Phi) is 4.83.